The Morgan fingerprint density at radius 1 is 1.22 bits per heavy atom. The van der Waals surface area contributed by atoms with E-state index in [9.17, 15) is 9.18 Å². The molecule has 0 saturated heterocycles. The van der Waals surface area contributed by atoms with E-state index in [1.54, 1.807) is 31.2 Å². The fourth-order valence-corrected chi connectivity index (χ4v) is 1.92. The first kappa shape index (κ1) is 12.6. The quantitative estimate of drug-likeness (QED) is 0.664. The number of hydrogen-bond acceptors (Lipinski definition) is 2. The van der Waals surface area contributed by atoms with Crippen molar-refractivity contribution in [2.24, 2.45) is 0 Å². The fraction of sp³-hybridized carbons (Fsp3) is 0.0714. The molecule has 18 heavy (non-hydrogen) atoms. The summed E-state index contributed by atoms with van der Waals surface area (Å²) in [6.07, 6.45) is 0. The van der Waals surface area contributed by atoms with Gasteiger partial charge in [-0.25, -0.2) is 4.39 Å². The Kier molecular flexibility index (Phi) is 3.34. The average molecular weight is 264 g/mol. The molecular formula is C14H11ClFNO. The van der Waals surface area contributed by atoms with Crippen LogP contribution in [0.25, 0.3) is 0 Å². The highest BCUT2D eigenvalue weighted by atomic mass is 35.5. The molecule has 0 atom stereocenters. The third-order valence-corrected chi connectivity index (χ3v) is 3.01. The maximum absolute atomic E-state index is 13.3. The molecule has 0 heterocycles. The average Bonchev–Trinajstić information content (AvgIpc) is 2.33. The zero-order valence-electron chi connectivity index (χ0n) is 9.71. The van der Waals surface area contributed by atoms with Gasteiger partial charge in [0.15, 0.2) is 5.78 Å². The molecule has 2 N–H and O–H groups in total. The zero-order chi connectivity index (χ0) is 13.3. The van der Waals surface area contributed by atoms with Crippen LogP contribution in [-0.2, 0) is 0 Å². The highest BCUT2D eigenvalue weighted by Gasteiger charge is 2.16. The van der Waals surface area contributed by atoms with Crippen LogP contribution >= 0.6 is 11.6 Å². The molecule has 2 aromatic carbocycles. The number of nitrogen functional groups attached to an aromatic ring is 1. The Bertz CT molecular complexity index is 625. The second-order valence-electron chi connectivity index (χ2n) is 4.00. The summed E-state index contributed by atoms with van der Waals surface area (Å²) < 4.78 is 13.3. The fourth-order valence-electron chi connectivity index (χ4n) is 1.68. The van der Waals surface area contributed by atoms with E-state index < -0.39 is 5.82 Å². The minimum absolute atomic E-state index is 0.0892. The molecule has 0 fully saturated rings. The largest absolute Gasteiger partial charge is 0.398 e. The van der Waals surface area contributed by atoms with Crippen LogP contribution in [0.1, 0.15) is 21.5 Å². The van der Waals surface area contributed by atoms with Crippen LogP contribution in [0.4, 0.5) is 10.1 Å². The molecule has 0 aliphatic heterocycles. The lowest BCUT2D eigenvalue weighted by molar-refractivity contribution is 0.103. The number of rotatable bonds is 2. The molecule has 0 saturated carbocycles. The van der Waals surface area contributed by atoms with Gasteiger partial charge in [0.05, 0.1) is 5.02 Å². The van der Waals surface area contributed by atoms with Crippen molar-refractivity contribution in [1.29, 1.82) is 0 Å². The highest BCUT2D eigenvalue weighted by molar-refractivity contribution is 6.35. The SMILES string of the molecule is Cc1cc(C(=O)c2ccccc2N)c(Cl)cc1F. The second kappa shape index (κ2) is 4.78. The first-order chi connectivity index (χ1) is 8.50. The number of benzene rings is 2. The molecule has 0 aliphatic carbocycles. The van der Waals surface area contributed by atoms with Gasteiger partial charge in [0.2, 0.25) is 0 Å². The van der Waals surface area contributed by atoms with Gasteiger partial charge in [0, 0.05) is 16.8 Å². The van der Waals surface area contributed by atoms with E-state index in [4.69, 9.17) is 17.3 Å². The van der Waals surface area contributed by atoms with Crippen LogP contribution in [0, 0.1) is 12.7 Å². The van der Waals surface area contributed by atoms with Gasteiger partial charge in [0.1, 0.15) is 5.82 Å². The van der Waals surface area contributed by atoms with Crippen molar-refractivity contribution >= 4 is 23.1 Å². The summed E-state index contributed by atoms with van der Waals surface area (Å²) in [5.74, 6) is -0.737. The molecule has 0 amide bonds. The van der Waals surface area contributed by atoms with Crippen LogP contribution in [0.5, 0.6) is 0 Å². The van der Waals surface area contributed by atoms with Gasteiger partial charge in [-0.05, 0) is 36.8 Å². The van der Waals surface area contributed by atoms with E-state index in [1.165, 1.54) is 6.07 Å². The molecule has 2 nitrogen and oxygen atoms in total. The first-order valence-electron chi connectivity index (χ1n) is 5.35. The summed E-state index contributed by atoms with van der Waals surface area (Å²) in [7, 11) is 0. The molecule has 2 rings (SSSR count). The number of hydrogen-bond donors (Lipinski definition) is 1. The third kappa shape index (κ3) is 2.22. The lowest BCUT2D eigenvalue weighted by Gasteiger charge is -2.08. The minimum atomic E-state index is -0.433. The van der Waals surface area contributed by atoms with Gasteiger partial charge in [-0.2, -0.15) is 0 Å². The van der Waals surface area contributed by atoms with Crippen molar-refractivity contribution < 1.29 is 9.18 Å². The Morgan fingerprint density at radius 3 is 2.56 bits per heavy atom. The number of aryl methyl sites for hydroxylation is 1. The normalized spacial score (nSPS) is 10.4. The van der Waals surface area contributed by atoms with Gasteiger partial charge in [-0.1, -0.05) is 23.7 Å². The lowest BCUT2D eigenvalue weighted by atomic mass is 10.00. The Hall–Kier alpha value is -1.87. The molecule has 0 radical (unpaired) electrons. The van der Waals surface area contributed by atoms with Crippen LogP contribution in [0.15, 0.2) is 36.4 Å². The van der Waals surface area contributed by atoms with Gasteiger partial charge in [0.25, 0.3) is 0 Å². The molecule has 2 aromatic rings. The van der Waals surface area contributed by atoms with E-state index in [-0.39, 0.29) is 16.4 Å². The Labute approximate surface area is 109 Å². The monoisotopic (exact) mass is 263 g/mol. The summed E-state index contributed by atoms with van der Waals surface area (Å²) in [4.78, 5) is 12.3. The van der Waals surface area contributed by atoms with E-state index >= 15 is 0 Å². The topological polar surface area (TPSA) is 43.1 Å². The van der Waals surface area contributed by atoms with Crippen LogP contribution in [0.3, 0.4) is 0 Å². The Balaban J connectivity index is 2.53. The van der Waals surface area contributed by atoms with Crippen molar-refractivity contribution in [3.8, 4) is 0 Å². The molecule has 0 unspecified atom stereocenters. The Morgan fingerprint density at radius 2 is 1.89 bits per heavy atom. The number of anilines is 1. The maximum Gasteiger partial charge on any atom is 0.196 e. The van der Waals surface area contributed by atoms with Crippen molar-refractivity contribution in [2.45, 2.75) is 6.92 Å². The maximum atomic E-state index is 13.3. The van der Waals surface area contributed by atoms with E-state index in [2.05, 4.69) is 0 Å². The second-order valence-corrected chi connectivity index (χ2v) is 4.40. The van der Waals surface area contributed by atoms with Gasteiger partial charge >= 0.3 is 0 Å². The van der Waals surface area contributed by atoms with Crippen molar-refractivity contribution in [1.82, 2.24) is 0 Å². The predicted octanol–water partition coefficient (Wildman–Crippen LogP) is 3.60. The highest BCUT2D eigenvalue weighted by Crippen LogP contribution is 2.25. The van der Waals surface area contributed by atoms with Crippen molar-refractivity contribution in [2.75, 3.05) is 5.73 Å². The molecule has 92 valence electrons. The van der Waals surface area contributed by atoms with Crippen molar-refractivity contribution in [3.05, 3.63) is 63.9 Å². The molecular weight excluding hydrogens is 253 g/mol. The number of para-hydroxylation sites is 1. The number of halogens is 2. The van der Waals surface area contributed by atoms with Gasteiger partial charge < -0.3 is 5.73 Å². The van der Waals surface area contributed by atoms with Crippen LogP contribution < -0.4 is 5.73 Å². The molecule has 0 aliphatic rings. The van der Waals surface area contributed by atoms with E-state index in [0.29, 0.717) is 16.8 Å². The van der Waals surface area contributed by atoms with E-state index in [0.717, 1.165) is 6.07 Å². The molecule has 0 spiro atoms. The standard InChI is InChI=1S/C14H11ClFNO/c1-8-6-10(11(15)7-12(8)16)14(18)9-4-2-3-5-13(9)17/h2-7H,17H2,1H3. The summed E-state index contributed by atoms with van der Waals surface area (Å²) in [5.41, 5.74) is 7.11. The number of carbonyl (C=O) groups is 1. The number of carbonyl (C=O) groups excluding carboxylic acids is 1. The molecule has 0 bridgehead atoms. The number of nitrogens with two attached hydrogens (primary N) is 1. The summed E-state index contributed by atoms with van der Waals surface area (Å²) >= 11 is 5.90. The zero-order valence-corrected chi connectivity index (χ0v) is 10.5. The van der Waals surface area contributed by atoms with Crippen LogP contribution in [-0.4, -0.2) is 5.78 Å². The van der Waals surface area contributed by atoms with Crippen molar-refractivity contribution in [3.63, 3.8) is 0 Å². The van der Waals surface area contributed by atoms with Gasteiger partial charge in [-0.15, -0.1) is 0 Å². The van der Waals surface area contributed by atoms with Crippen LogP contribution in [0.2, 0.25) is 5.02 Å². The van der Waals surface area contributed by atoms with Gasteiger partial charge in [-0.3, -0.25) is 4.79 Å². The first-order valence-corrected chi connectivity index (χ1v) is 5.73. The van der Waals surface area contributed by atoms with E-state index in [1.807, 2.05) is 0 Å². The lowest BCUT2D eigenvalue weighted by Crippen LogP contribution is -2.06. The summed E-state index contributed by atoms with van der Waals surface area (Å²) in [6, 6.07) is 9.29. The predicted molar refractivity (Wildman–Crippen MR) is 70.4 cm³/mol. The summed E-state index contributed by atoms with van der Waals surface area (Å²) in [5, 5.41) is 0.0892. The molecule has 4 heteroatoms. The summed E-state index contributed by atoms with van der Waals surface area (Å²) in [6.45, 7) is 1.58. The molecule has 0 aromatic heterocycles. The third-order valence-electron chi connectivity index (χ3n) is 2.70. The number of ketones is 1. The smallest absolute Gasteiger partial charge is 0.196 e. The minimum Gasteiger partial charge on any atom is -0.398 e.